The van der Waals surface area contributed by atoms with Crippen LogP contribution >= 0.6 is 0 Å². The van der Waals surface area contributed by atoms with Gasteiger partial charge in [0.05, 0.1) is 18.9 Å². The van der Waals surface area contributed by atoms with E-state index < -0.39 is 42.3 Å². The van der Waals surface area contributed by atoms with Gasteiger partial charge >= 0.3 is 5.97 Å². The van der Waals surface area contributed by atoms with Crippen LogP contribution in [-0.2, 0) is 25.6 Å². The highest BCUT2D eigenvalue weighted by atomic mass is 16.4. The van der Waals surface area contributed by atoms with E-state index in [0.717, 1.165) is 0 Å². The van der Waals surface area contributed by atoms with Crippen molar-refractivity contribution in [1.29, 1.82) is 0 Å². The molecular weight excluding hydrogens is 320 g/mol. The quantitative estimate of drug-likeness (QED) is 0.265. The number of nitrogens with one attached hydrogen (secondary N) is 3. The maximum absolute atomic E-state index is 11.8. The van der Waals surface area contributed by atoms with Crippen LogP contribution in [0.4, 0.5) is 0 Å². The second-order valence-electron chi connectivity index (χ2n) is 5.07. The fraction of sp³-hybridized carbons (Fsp3) is 0.462. The molecule has 0 radical (unpaired) electrons. The van der Waals surface area contributed by atoms with Crippen molar-refractivity contribution >= 4 is 23.7 Å². The molecule has 11 heteroatoms. The third kappa shape index (κ3) is 6.87. The first kappa shape index (κ1) is 19.1. The van der Waals surface area contributed by atoms with Crippen LogP contribution in [0, 0.1) is 0 Å². The number of H-pyrrole nitrogens is 1. The Hall–Kier alpha value is -2.95. The first-order valence-electron chi connectivity index (χ1n) is 7.10. The number of nitrogens with two attached hydrogens (primary N) is 2. The molecular formula is C13H20N6O5. The minimum absolute atomic E-state index is 0.135. The number of carbonyl (C=O) groups excluding carboxylic acids is 3. The Labute approximate surface area is 137 Å². The molecule has 0 fully saturated rings. The van der Waals surface area contributed by atoms with Crippen LogP contribution in [0.3, 0.4) is 0 Å². The van der Waals surface area contributed by atoms with Gasteiger partial charge in [-0.3, -0.25) is 14.4 Å². The molecule has 0 unspecified atom stereocenters. The van der Waals surface area contributed by atoms with E-state index in [0.29, 0.717) is 5.69 Å². The molecule has 0 aromatic carbocycles. The number of amides is 3. The number of aromatic nitrogens is 2. The normalized spacial score (nSPS) is 12.9. The van der Waals surface area contributed by atoms with Crippen LogP contribution in [0.5, 0.6) is 0 Å². The number of aromatic amines is 1. The maximum Gasteiger partial charge on any atom is 0.326 e. The van der Waals surface area contributed by atoms with E-state index in [1.807, 2.05) is 0 Å². The summed E-state index contributed by atoms with van der Waals surface area (Å²) < 4.78 is 0. The Balaban J connectivity index is 2.38. The molecule has 2 atom stereocenters. The molecule has 132 valence electrons. The number of carboxylic acid groups (broad SMARTS) is 1. The van der Waals surface area contributed by atoms with Gasteiger partial charge in [0.1, 0.15) is 6.04 Å². The van der Waals surface area contributed by atoms with Crippen LogP contribution in [0.1, 0.15) is 18.5 Å². The number of imidazole rings is 1. The summed E-state index contributed by atoms with van der Waals surface area (Å²) in [5, 5.41) is 13.5. The molecule has 3 amide bonds. The highest BCUT2D eigenvalue weighted by Gasteiger charge is 2.21. The van der Waals surface area contributed by atoms with Crippen molar-refractivity contribution in [3.05, 3.63) is 18.2 Å². The van der Waals surface area contributed by atoms with Crippen molar-refractivity contribution in [2.75, 3.05) is 6.54 Å². The van der Waals surface area contributed by atoms with Gasteiger partial charge in [-0.1, -0.05) is 0 Å². The third-order valence-electron chi connectivity index (χ3n) is 3.07. The molecule has 24 heavy (non-hydrogen) atoms. The zero-order valence-corrected chi connectivity index (χ0v) is 12.8. The lowest BCUT2D eigenvalue weighted by Crippen LogP contribution is -2.49. The summed E-state index contributed by atoms with van der Waals surface area (Å²) in [6.45, 7) is -0.435. The monoisotopic (exact) mass is 340 g/mol. The molecule has 1 rings (SSSR count). The highest BCUT2D eigenvalue weighted by Crippen LogP contribution is 1.98. The molecule has 0 spiro atoms. The van der Waals surface area contributed by atoms with E-state index in [1.54, 1.807) is 0 Å². The maximum atomic E-state index is 11.8. The summed E-state index contributed by atoms with van der Waals surface area (Å²) in [7, 11) is 0. The molecule has 0 aliphatic rings. The van der Waals surface area contributed by atoms with E-state index >= 15 is 0 Å². The molecule has 0 aliphatic carbocycles. The lowest BCUT2D eigenvalue weighted by Gasteiger charge is -2.15. The van der Waals surface area contributed by atoms with E-state index in [2.05, 4.69) is 20.6 Å². The third-order valence-corrected chi connectivity index (χ3v) is 3.07. The largest absolute Gasteiger partial charge is 0.480 e. The predicted molar refractivity (Wildman–Crippen MR) is 81.3 cm³/mol. The SMILES string of the molecule is NC(=O)CC[C@H](NC(=O)CNC(=O)[C@@H](N)Cc1cnc[nH]1)C(=O)O. The Kier molecular flexibility index (Phi) is 7.36. The zero-order valence-electron chi connectivity index (χ0n) is 12.8. The van der Waals surface area contributed by atoms with Gasteiger partial charge in [0.25, 0.3) is 0 Å². The van der Waals surface area contributed by atoms with Crippen LogP contribution < -0.4 is 22.1 Å². The number of rotatable bonds is 10. The van der Waals surface area contributed by atoms with Crippen LogP contribution in [0.15, 0.2) is 12.5 Å². The van der Waals surface area contributed by atoms with Gasteiger partial charge in [0.2, 0.25) is 17.7 Å². The molecule has 11 nitrogen and oxygen atoms in total. The van der Waals surface area contributed by atoms with Crippen molar-refractivity contribution in [3.63, 3.8) is 0 Å². The van der Waals surface area contributed by atoms with E-state index in [9.17, 15) is 19.2 Å². The van der Waals surface area contributed by atoms with Gasteiger partial charge in [0.15, 0.2) is 0 Å². The second kappa shape index (κ2) is 9.25. The lowest BCUT2D eigenvalue weighted by atomic mass is 10.1. The Morgan fingerprint density at radius 3 is 2.58 bits per heavy atom. The molecule has 0 aliphatic heterocycles. The minimum atomic E-state index is -1.30. The average molecular weight is 340 g/mol. The van der Waals surface area contributed by atoms with Crippen LogP contribution in [0.2, 0.25) is 0 Å². The summed E-state index contributed by atoms with van der Waals surface area (Å²) in [5.74, 6) is -3.25. The fourth-order valence-corrected chi connectivity index (χ4v) is 1.81. The number of aliphatic carboxylic acids is 1. The number of carboxylic acids is 1. The summed E-state index contributed by atoms with van der Waals surface area (Å²) >= 11 is 0. The Bertz CT molecular complexity index is 588. The van der Waals surface area contributed by atoms with Gasteiger partial charge in [-0.2, -0.15) is 0 Å². The predicted octanol–water partition coefficient (Wildman–Crippen LogP) is -2.77. The van der Waals surface area contributed by atoms with Gasteiger partial charge in [0, 0.05) is 24.7 Å². The molecule has 0 saturated carbocycles. The van der Waals surface area contributed by atoms with Gasteiger partial charge < -0.3 is 32.2 Å². The number of hydrogen-bond donors (Lipinski definition) is 6. The molecule has 8 N–H and O–H groups in total. The average Bonchev–Trinajstić information content (AvgIpc) is 3.01. The molecule has 1 aromatic rings. The Morgan fingerprint density at radius 1 is 1.33 bits per heavy atom. The summed E-state index contributed by atoms with van der Waals surface area (Å²) in [5.41, 5.74) is 11.3. The zero-order chi connectivity index (χ0) is 18.1. The van der Waals surface area contributed by atoms with Gasteiger partial charge in [-0.25, -0.2) is 9.78 Å². The van der Waals surface area contributed by atoms with Crippen molar-refractivity contribution in [2.45, 2.75) is 31.3 Å². The number of nitrogens with zero attached hydrogens (tertiary/aromatic N) is 1. The molecule has 0 saturated heterocycles. The Morgan fingerprint density at radius 2 is 2.04 bits per heavy atom. The van der Waals surface area contributed by atoms with Gasteiger partial charge in [-0.15, -0.1) is 0 Å². The topological polar surface area (TPSA) is 193 Å². The number of carbonyl (C=O) groups is 4. The van der Waals surface area contributed by atoms with E-state index in [-0.39, 0.29) is 19.3 Å². The van der Waals surface area contributed by atoms with E-state index in [4.69, 9.17) is 16.6 Å². The number of primary amides is 1. The first-order chi connectivity index (χ1) is 11.3. The lowest BCUT2D eigenvalue weighted by molar-refractivity contribution is -0.142. The molecule has 1 heterocycles. The minimum Gasteiger partial charge on any atom is -0.480 e. The van der Waals surface area contributed by atoms with Crippen molar-refractivity contribution < 1.29 is 24.3 Å². The fourth-order valence-electron chi connectivity index (χ4n) is 1.81. The smallest absolute Gasteiger partial charge is 0.326 e. The first-order valence-corrected chi connectivity index (χ1v) is 7.10. The summed E-state index contributed by atoms with van der Waals surface area (Å²) in [4.78, 5) is 51.7. The summed E-state index contributed by atoms with van der Waals surface area (Å²) in [6, 6.07) is -2.15. The molecule has 1 aromatic heterocycles. The van der Waals surface area contributed by atoms with Crippen molar-refractivity contribution in [3.8, 4) is 0 Å². The highest BCUT2D eigenvalue weighted by molar-refractivity contribution is 5.89. The van der Waals surface area contributed by atoms with Gasteiger partial charge in [-0.05, 0) is 6.42 Å². The number of hydrogen-bond acceptors (Lipinski definition) is 6. The van der Waals surface area contributed by atoms with Crippen LogP contribution in [0.25, 0.3) is 0 Å². The van der Waals surface area contributed by atoms with E-state index in [1.165, 1.54) is 12.5 Å². The standard InChI is InChI=1S/C13H20N6O5/c14-8(3-7-4-16-6-18-7)12(22)17-5-11(21)19-9(13(23)24)1-2-10(15)20/h4,6,8-9H,1-3,5,14H2,(H2,15,20)(H,16,18)(H,17,22)(H,19,21)(H,23,24)/t8-,9-/m0/s1. The van der Waals surface area contributed by atoms with Crippen molar-refractivity contribution in [1.82, 2.24) is 20.6 Å². The second-order valence-corrected chi connectivity index (χ2v) is 5.07. The summed E-state index contributed by atoms with van der Waals surface area (Å²) in [6.07, 6.45) is 2.87. The molecule has 0 bridgehead atoms. The van der Waals surface area contributed by atoms with Crippen molar-refractivity contribution in [2.24, 2.45) is 11.5 Å². The van der Waals surface area contributed by atoms with Crippen LogP contribution in [-0.4, -0.2) is 57.4 Å².